The van der Waals surface area contributed by atoms with Crippen molar-refractivity contribution in [3.63, 3.8) is 0 Å². The van der Waals surface area contributed by atoms with E-state index in [4.69, 9.17) is 15.9 Å². The molecule has 0 radical (unpaired) electrons. The molecule has 0 saturated carbocycles. The van der Waals surface area contributed by atoms with Gasteiger partial charge in [-0.3, -0.25) is 0 Å². The van der Waals surface area contributed by atoms with Gasteiger partial charge < -0.3 is 15.9 Å². The number of nitrogens with zero attached hydrogens (tertiary/aromatic N) is 1. The maximum absolute atomic E-state index is 11.7. The lowest BCUT2D eigenvalue weighted by Gasteiger charge is -2.14. The fraction of sp³-hybridized carbons (Fsp3) is 0.375. The molecule has 0 aliphatic carbocycles. The van der Waals surface area contributed by atoms with E-state index in [9.17, 15) is 8.42 Å². The van der Waals surface area contributed by atoms with Crippen LogP contribution in [0.25, 0.3) is 0 Å². The van der Waals surface area contributed by atoms with Gasteiger partial charge in [0.25, 0.3) is 0 Å². The fourth-order valence-corrected chi connectivity index (χ4v) is 2.35. The monoisotopic (exact) mass is 247 g/mol. The van der Waals surface area contributed by atoms with Crippen molar-refractivity contribution in [1.82, 2.24) is 9.71 Å². The van der Waals surface area contributed by atoms with Crippen molar-refractivity contribution in [2.24, 2.45) is 0 Å². The maximum Gasteiger partial charge on any atom is 0.244 e. The van der Waals surface area contributed by atoms with E-state index in [1.165, 1.54) is 18.3 Å². The second-order valence-electron chi connectivity index (χ2n) is 3.07. The van der Waals surface area contributed by atoms with Crippen molar-refractivity contribution in [3.05, 3.63) is 18.3 Å². The molecule has 0 bridgehead atoms. The number of pyridine rings is 1. The van der Waals surface area contributed by atoms with Crippen molar-refractivity contribution >= 4 is 15.8 Å². The molecule has 0 fully saturated rings. The van der Waals surface area contributed by atoms with Gasteiger partial charge in [0.1, 0.15) is 10.7 Å². The van der Waals surface area contributed by atoms with Gasteiger partial charge in [0, 0.05) is 6.20 Å². The van der Waals surface area contributed by atoms with E-state index in [0.717, 1.165) is 0 Å². The molecule has 0 aliphatic rings. The summed E-state index contributed by atoms with van der Waals surface area (Å²) in [6.07, 6.45) is 1.37. The van der Waals surface area contributed by atoms with Gasteiger partial charge >= 0.3 is 0 Å². The van der Waals surface area contributed by atoms with Gasteiger partial charge in [0.2, 0.25) is 10.0 Å². The van der Waals surface area contributed by atoms with Crippen LogP contribution >= 0.6 is 0 Å². The van der Waals surface area contributed by atoms with E-state index in [2.05, 4.69) is 9.71 Å². The Morgan fingerprint density at radius 2 is 2.06 bits per heavy atom. The van der Waals surface area contributed by atoms with Crippen LogP contribution < -0.4 is 10.5 Å². The Bertz CT molecular complexity index is 444. The highest BCUT2D eigenvalue weighted by atomic mass is 32.2. The van der Waals surface area contributed by atoms with Gasteiger partial charge in [-0.05, 0) is 12.1 Å². The minimum atomic E-state index is -3.87. The zero-order valence-corrected chi connectivity index (χ0v) is 9.18. The van der Waals surface area contributed by atoms with Gasteiger partial charge in [0.15, 0.2) is 0 Å². The van der Waals surface area contributed by atoms with Gasteiger partial charge in [-0.15, -0.1) is 0 Å². The van der Waals surface area contributed by atoms with Crippen LogP contribution in [-0.2, 0) is 10.0 Å². The van der Waals surface area contributed by atoms with Gasteiger partial charge in [-0.25, -0.2) is 18.1 Å². The summed E-state index contributed by atoms with van der Waals surface area (Å²) >= 11 is 0. The zero-order chi connectivity index (χ0) is 12.2. The van der Waals surface area contributed by atoms with E-state index in [1.54, 1.807) is 0 Å². The molecule has 1 aromatic rings. The van der Waals surface area contributed by atoms with Crippen LogP contribution in [0.1, 0.15) is 0 Å². The third-order valence-corrected chi connectivity index (χ3v) is 3.42. The molecule has 0 spiro atoms. The SMILES string of the molecule is Nc1ncccc1S(=O)(=O)NC(CO)CO. The van der Waals surface area contributed by atoms with Crippen molar-refractivity contribution in [1.29, 1.82) is 0 Å². The number of nitrogen functional groups attached to an aromatic ring is 1. The topological polar surface area (TPSA) is 126 Å². The summed E-state index contributed by atoms with van der Waals surface area (Å²) in [5, 5.41) is 17.5. The normalized spacial score (nSPS) is 11.9. The molecule has 16 heavy (non-hydrogen) atoms. The molecule has 0 saturated heterocycles. The van der Waals surface area contributed by atoms with Crippen LogP contribution in [0, 0.1) is 0 Å². The zero-order valence-electron chi connectivity index (χ0n) is 8.37. The molecule has 7 nitrogen and oxygen atoms in total. The van der Waals surface area contributed by atoms with E-state index in [0.29, 0.717) is 0 Å². The highest BCUT2D eigenvalue weighted by Gasteiger charge is 2.21. The first-order valence-corrected chi connectivity index (χ1v) is 5.94. The maximum atomic E-state index is 11.7. The lowest BCUT2D eigenvalue weighted by Crippen LogP contribution is -2.40. The Morgan fingerprint density at radius 3 is 2.56 bits per heavy atom. The number of nitrogens with one attached hydrogen (secondary N) is 1. The molecular formula is C8H13N3O4S. The lowest BCUT2D eigenvalue weighted by atomic mass is 10.4. The second kappa shape index (κ2) is 5.21. The summed E-state index contributed by atoms with van der Waals surface area (Å²) in [4.78, 5) is 3.46. The van der Waals surface area contributed by atoms with Gasteiger partial charge in [0.05, 0.1) is 19.3 Å². The molecule has 1 aromatic heterocycles. The van der Waals surface area contributed by atoms with Crippen LogP contribution in [0.15, 0.2) is 23.2 Å². The standard InChI is InChI=1S/C8H13N3O4S/c9-8-7(2-1-3-10-8)16(14,15)11-6(4-12)5-13/h1-3,6,11-13H,4-5H2,(H2,9,10). The Balaban J connectivity index is 2.99. The largest absolute Gasteiger partial charge is 0.395 e. The summed E-state index contributed by atoms with van der Waals surface area (Å²) in [6.45, 7) is -1.01. The summed E-state index contributed by atoms with van der Waals surface area (Å²) in [5.74, 6) is -0.135. The number of aromatic nitrogens is 1. The molecule has 8 heteroatoms. The molecule has 0 aliphatic heterocycles. The first-order chi connectivity index (χ1) is 7.51. The number of aliphatic hydroxyl groups excluding tert-OH is 2. The van der Waals surface area contributed by atoms with E-state index in [1.807, 2.05) is 0 Å². The number of aliphatic hydroxyl groups is 2. The Hall–Kier alpha value is -1.22. The van der Waals surface area contributed by atoms with Crippen molar-refractivity contribution in [2.75, 3.05) is 18.9 Å². The highest BCUT2D eigenvalue weighted by Crippen LogP contribution is 2.14. The molecule has 0 amide bonds. The smallest absolute Gasteiger partial charge is 0.244 e. The number of rotatable bonds is 5. The van der Waals surface area contributed by atoms with Crippen molar-refractivity contribution < 1.29 is 18.6 Å². The van der Waals surface area contributed by atoms with Crippen LogP contribution in [0.3, 0.4) is 0 Å². The first-order valence-electron chi connectivity index (χ1n) is 4.46. The van der Waals surface area contributed by atoms with E-state index < -0.39 is 29.3 Å². The first kappa shape index (κ1) is 12.8. The highest BCUT2D eigenvalue weighted by molar-refractivity contribution is 7.89. The average Bonchev–Trinajstić information content (AvgIpc) is 2.26. The minimum Gasteiger partial charge on any atom is -0.395 e. The van der Waals surface area contributed by atoms with Gasteiger partial charge in [-0.2, -0.15) is 0 Å². The Labute approximate surface area is 93.0 Å². The molecule has 5 N–H and O–H groups in total. The van der Waals surface area contributed by atoms with Crippen molar-refractivity contribution in [2.45, 2.75) is 10.9 Å². The molecular weight excluding hydrogens is 234 g/mol. The number of sulfonamides is 1. The summed E-state index contributed by atoms with van der Waals surface area (Å²) < 4.78 is 25.6. The van der Waals surface area contributed by atoms with E-state index in [-0.39, 0.29) is 10.7 Å². The number of hydrogen-bond acceptors (Lipinski definition) is 6. The predicted molar refractivity (Wildman–Crippen MR) is 56.9 cm³/mol. The number of hydrogen-bond donors (Lipinski definition) is 4. The van der Waals surface area contributed by atoms with Crippen molar-refractivity contribution in [3.8, 4) is 0 Å². The van der Waals surface area contributed by atoms with Crippen LogP contribution in [0.2, 0.25) is 0 Å². The van der Waals surface area contributed by atoms with E-state index >= 15 is 0 Å². The number of anilines is 1. The third-order valence-electron chi connectivity index (χ3n) is 1.85. The average molecular weight is 247 g/mol. The molecule has 90 valence electrons. The quantitative estimate of drug-likeness (QED) is 0.491. The minimum absolute atomic E-state index is 0.135. The summed E-state index contributed by atoms with van der Waals surface area (Å²) in [6, 6.07) is 1.76. The fourth-order valence-electron chi connectivity index (χ4n) is 1.05. The molecule has 1 rings (SSSR count). The Kier molecular flexibility index (Phi) is 4.19. The summed E-state index contributed by atoms with van der Waals surface area (Å²) in [7, 11) is -3.87. The van der Waals surface area contributed by atoms with Crippen LogP contribution in [0.4, 0.5) is 5.82 Å². The number of nitrogens with two attached hydrogens (primary N) is 1. The Morgan fingerprint density at radius 1 is 1.44 bits per heavy atom. The molecule has 0 atom stereocenters. The lowest BCUT2D eigenvalue weighted by molar-refractivity contribution is 0.185. The summed E-state index contributed by atoms with van der Waals surface area (Å²) in [5.41, 5.74) is 5.41. The third kappa shape index (κ3) is 2.89. The second-order valence-corrected chi connectivity index (χ2v) is 4.75. The van der Waals surface area contributed by atoms with Crippen LogP contribution in [0.5, 0.6) is 0 Å². The molecule has 0 aromatic carbocycles. The van der Waals surface area contributed by atoms with Gasteiger partial charge in [-0.1, -0.05) is 0 Å². The molecule has 0 unspecified atom stereocenters. The molecule has 1 heterocycles. The predicted octanol–water partition coefficient (Wildman–Crippen LogP) is -1.70. The van der Waals surface area contributed by atoms with Crippen LogP contribution in [-0.4, -0.2) is 42.9 Å².